The highest BCUT2D eigenvalue weighted by atomic mass is 19.4. The molecule has 2 aromatic carbocycles. The molecule has 15 heteroatoms. The molecule has 0 atom stereocenters. The predicted octanol–water partition coefficient (Wildman–Crippen LogP) is 5.59. The fourth-order valence-corrected chi connectivity index (χ4v) is 3.46. The van der Waals surface area contributed by atoms with E-state index >= 15 is 4.39 Å². The van der Waals surface area contributed by atoms with Crippen molar-refractivity contribution in [1.82, 2.24) is 0 Å². The predicted molar refractivity (Wildman–Crippen MR) is 85.4 cm³/mol. The second-order valence-corrected chi connectivity index (χ2v) is 7.10. The van der Waals surface area contributed by atoms with Crippen molar-refractivity contribution in [3.05, 3.63) is 47.0 Å². The SMILES string of the molecule is O=C(O)c1cc(C2(F)C(F)(F)C(F)(F)C(F)(F)C(F)(F)C2(F)F)c2cc(C(=O)O)ccc2c1. The minimum atomic E-state index is -7.45. The van der Waals surface area contributed by atoms with Crippen molar-refractivity contribution in [3.63, 3.8) is 0 Å². The Bertz CT molecular complexity index is 1160. The molecule has 0 bridgehead atoms. The van der Waals surface area contributed by atoms with Crippen molar-refractivity contribution in [2.24, 2.45) is 0 Å². The zero-order valence-electron chi connectivity index (χ0n) is 15.3. The quantitative estimate of drug-likeness (QED) is 0.544. The van der Waals surface area contributed by atoms with Crippen LogP contribution in [0.5, 0.6) is 0 Å². The normalized spacial score (nSPS) is 23.7. The number of alkyl halides is 11. The molecule has 1 fully saturated rings. The molecule has 0 amide bonds. The molecular weight excluding hydrogens is 489 g/mol. The summed E-state index contributed by atoms with van der Waals surface area (Å²) < 4.78 is 156. The summed E-state index contributed by atoms with van der Waals surface area (Å²) in [6.07, 6.45) is 0. The van der Waals surface area contributed by atoms with Crippen LogP contribution in [0.25, 0.3) is 10.8 Å². The average molecular weight is 496 g/mol. The maximum absolute atomic E-state index is 15.6. The van der Waals surface area contributed by atoms with Gasteiger partial charge in [-0.25, -0.2) is 14.0 Å². The molecule has 0 heterocycles. The lowest BCUT2D eigenvalue weighted by Gasteiger charge is -2.52. The third kappa shape index (κ3) is 2.58. The van der Waals surface area contributed by atoms with Crippen LogP contribution in [0.4, 0.5) is 48.3 Å². The number of fused-ring (bicyclic) bond motifs is 1. The standard InChI is InChI=1S/C18H7F11O4/c19-13(14(20,21)16(24,25)18(28,29)17(26,27)15(13,22)23)10-5-8(12(32)33)3-6-1-2-7(11(30)31)4-9(6)10/h1-5H,(H,30,31)(H,32,33). The van der Waals surface area contributed by atoms with Crippen molar-refractivity contribution >= 4 is 22.7 Å². The summed E-state index contributed by atoms with van der Waals surface area (Å²) in [5.41, 5.74) is -11.5. The van der Waals surface area contributed by atoms with E-state index in [1.165, 1.54) is 0 Å². The molecule has 0 aliphatic heterocycles. The van der Waals surface area contributed by atoms with Crippen LogP contribution >= 0.6 is 0 Å². The van der Waals surface area contributed by atoms with E-state index in [9.17, 15) is 53.5 Å². The first kappa shape index (κ1) is 24.5. The number of halogens is 11. The van der Waals surface area contributed by atoms with Gasteiger partial charge < -0.3 is 10.2 Å². The second-order valence-electron chi connectivity index (χ2n) is 7.10. The van der Waals surface area contributed by atoms with Crippen LogP contribution < -0.4 is 0 Å². The zero-order chi connectivity index (χ0) is 25.6. The number of carbonyl (C=O) groups is 2. The molecule has 4 nitrogen and oxygen atoms in total. The Hall–Kier alpha value is -3.13. The average Bonchev–Trinajstić information content (AvgIpc) is 2.70. The van der Waals surface area contributed by atoms with Gasteiger partial charge in [-0.05, 0) is 35.0 Å². The Labute approximate surface area is 174 Å². The number of aromatic carboxylic acids is 2. The van der Waals surface area contributed by atoms with Gasteiger partial charge in [0.15, 0.2) is 0 Å². The van der Waals surface area contributed by atoms with E-state index in [4.69, 9.17) is 10.2 Å². The lowest BCUT2D eigenvalue weighted by Crippen LogP contribution is -2.82. The van der Waals surface area contributed by atoms with Gasteiger partial charge in [-0.15, -0.1) is 0 Å². The van der Waals surface area contributed by atoms with Crippen LogP contribution in [0, 0.1) is 0 Å². The Kier molecular flexibility index (Phi) is 4.81. The molecule has 0 aromatic heterocycles. The second kappa shape index (κ2) is 6.47. The third-order valence-electron chi connectivity index (χ3n) is 5.26. The Morgan fingerprint density at radius 2 is 1.00 bits per heavy atom. The molecule has 3 rings (SSSR count). The zero-order valence-corrected chi connectivity index (χ0v) is 15.3. The molecule has 2 aromatic rings. The van der Waals surface area contributed by atoms with Gasteiger partial charge in [-0.2, -0.15) is 43.9 Å². The van der Waals surface area contributed by atoms with E-state index in [-0.39, 0.29) is 6.07 Å². The van der Waals surface area contributed by atoms with Crippen LogP contribution in [0.2, 0.25) is 0 Å². The first-order chi connectivity index (χ1) is 14.7. The Balaban J connectivity index is 2.59. The molecule has 1 saturated carbocycles. The summed E-state index contributed by atoms with van der Waals surface area (Å²) >= 11 is 0. The Morgan fingerprint density at radius 1 is 0.576 bits per heavy atom. The van der Waals surface area contributed by atoms with Crippen molar-refractivity contribution in [2.45, 2.75) is 35.3 Å². The van der Waals surface area contributed by atoms with E-state index < -0.39 is 80.7 Å². The minimum Gasteiger partial charge on any atom is -0.478 e. The fraction of sp³-hybridized carbons (Fsp3) is 0.333. The summed E-state index contributed by atoms with van der Waals surface area (Å²) in [5.74, 6) is -40.8. The third-order valence-corrected chi connectivity index (χ3v) is 5.26. The van der Waals surface area contributed by atoms with E-state index in [2.05, 4.69) is 0 Å². The molecule has 0 radical (unpaired) electrons. The molecule has 0 unspecified atom stereocenters. The molecule has 0 spiro atoms. The van der Waals surface area contributed by atoms with Gasteiger partial charge in [0.1, 0.15) is 0 Å². The summed E-state index contributed by atoms with van der Waals surface area (Å²) in [6, 6.07) is 1.35. The van der Waals surface area contributed by atoms with Crippen molar-refractivity contribution in [1.29, 1.82) is 0 Å². The first-order valence-electron chi connectivity index (χ1n) is 8.33. The van der Waals surface area contributed by atoms with Gasteiger partial charge in [0.25, 0.3) is 5.67 Å². The highest BCUT2D eigenvalue weighted by Gasteiger charge is 3.01. The molecule has 0 saturated heterocycles. The van der Waals surface area contributed by atoms with E-state index in [0.29, 0.717) is 18.2 Å². The largest absolute Gasteiger partial charge is 0.478 e. The summed E-state index contributed by atoms with van der Waals surface area (Å²) in [4.78, 5) is 22.3. The fourth-order valence-electron chi connectivity index (χ4n) is 3.46. The smallest absolute Gasteiger partial charge is 0.384 e. The van der Waals surface area contributed by atoms with Gasteiger partial charge >= 0.3 is 41.6 Å². The topological polar surface area (TPSA) is 74.6 Å². The highest BCUT2D eigenvalue weighted by Crippen LogP contribution is 2.72. The molecule has 1 aliphatic carbocycles. The van der Waals surface area contributed by atoms with Crippen molar-refractivity contribution < 1.29 is 68.1 Å². The van der Waals surface area contributed by atoms with Gasteiger partial charge in [-0.3, -0.25) is 0 Å². The highest BCUT2D eigenvalue weighted by molar-refractivity contribution is 6.00. The van der Waals surface area contributed by atoms with Gasteiger partial charge in [-0.1, -0.05) is 6.07 Å². The van der Waals surface area contributed by atoms with Gasteiger partial charge in [0.05, 0.1) is 11.1 Å². The number of hydrogen-bond acceptors (Lipinski definition) is 2. The molecular formula is C18H7F11O4. The maximum Gasteiger partial charge on any atom is 0.384 e. The lowest BCUT2D eigenvalue weighted by atomic mass is 9.68. The Morgan fingerprint density at radius 3 is 1.42 bits per heavy atom. The van der Waals surface area contributed by atoms with Crippen LogP contribution in [-0.4, -0.2) is 51.8 Å². The van der Waals surface area contributed by atoms with Crippen molar-refractivity contribution in [2.75, 3.05) is 0 Å². The number of hydrogen-bond donors (Lipinski definition) is 2. The molecule has 1 aliphatic rings. The first-order valence-corrected chi connectivity index (χ1v) is 8.33. The van der Waals surface area contributed by atoms with Crippen LogP contribution in [0.3, 0.4) is 0 Å². The van der Waals surface area contributed by atoms with E-state index in [1.54, 1.807) is 0 Å². The van der Waals surface area contributed by atoms with Gasteiger partial charge in [0, 0.05) is 5.56 Å². The minimum absolute atomic E-state index is 0.134. The van der Waals surface area contributed by atoms with Crippen LogP contribution in [0.15, 0.2) is 30.3 Å². The lowest BCUT2D eigenvalue weighted by molar-refractivity contribution is -0.489. The van der Waals surface area contributed by atoms with Crippen LogP contribution in [-0.2, 0) is 5.67 Å². The van der Waals surface area contributed by atoms with Crippen molar-refractivity contribution in [3.8, 4) is 0 Å². The number of rotatable bonds is 3. The molecule has 180 valence electrons. The van der Waals surface area contributed by atoms with Crippen LogP contribution in [0.1, 0.15) is 26.3 Å². The molecule has 2 N–H and O–H groups in total. The summed E-state index contributed by atoms with van der Waals surface area (Å²) in [6.45, 7) is 0. The number of carboxylic acid groups (broad SMARTS) is 2. The van der Waals surface area contributed by atoms with E-state index in [1.807, 2.05) is 0 Å². The van der Waals surface area contributed by atoms with Gasteiger partial charge in [0.2, 0.25) is 0 Å². The number of benzene rings is 2. The summed E-state index contributed by atoms with van der Waals surface area (Å²) in [7, 11) is 0. The van der Waals surface area contributed by atoms with E-state index in [0.717, 1.165) is 0 Å². The summed E-state index contributed by atoms with van der Waals surface area (Å²) in [5, 5.41) is 15.7. The maximum atomic E-state index is 15.6. The monoisotopic (exact) mass is 496 g/mol. The number of carboxylic acids is 2. The molecule has 33 heavy (non-hydrogen) atoms.